The van der Waals surface area contributed by atoms with E-state index in [2.05, 4.69) is 55.1 Å². The minimum Gasteiger partial charge on any atom is -0.333 e. The number of aromatic nitrogens is 2. The average Bonchev–Trinajstić information content (AvgIpc) is 2.45. The van der Waals surface area contributed by atoms with Crippen LogP contribution in [0.3, 0.4) is 0 Å². The Labute approximate surface area is 112 Å². The molecule has 2 nitrogen and oxygen atoms in total. The first-order valence-electron chi connectivity index (χ1n) is 3.94. The lowest BCUT2D eigenvalue weighted by molar-refractivity contribution is 0.584. The predicted octanol–water partition coefficient (Wildman–Crippen LogP) is 3.56. The van der Waals surface area contributed by atoms with E-state index < -0.39 is 11.6 Å². The van der Waals surface area contributed by atoms with Gasteiger partial charge in [-0.25, -0.2) is 13.8 Å². The van der Waals surface area contributed by atoms with Crippen LogP contribution in [0.25, 0.3) is 11.4 Å². The number of halogens is 4. The van der Waals surface area contributed by atoms with E-state index in [1.807, 2.05) is 0 Å². The molecule has 1 N–H and O–H groups in total. The lowest BCUT2D eigenvalue weighted by Crippen LogP contribution is -1.85. The van der Waals surface area contributed by atoms with Gasteiger partial charge in [0.2, 0.25) is 0 Å². The Morgan fingerprint density at radius 3 is 2.13 bits per heavy atom. The predicted molar refractivity (Wildman–Crippen MR) is 69.4 cm³/mol. The van der Waals surface area contributed by atoms with Crippen LogP contribution < -0.4 is 0 Å². The summed E-state index contributed by atoms with van der Waals surface area (Å²) in [5.41, 5.74) is 0.410. The number of H-pyrrole nitrogens is 1. The van der Waals surface area contributed by atoms with Gasteiger partial charge in [-0.3, -0.25) is 0 Å². The van der Waals surface area contributed by atoms with Gasteiger partial charge in [0.25, 0.3) is 0 Å². The van der Waals surface area contributed by atoms with Crippen molar-refractivity contribution < 1.29 is 8.78 Å². The van der Waals surface area contributed by atoms with Gasteiger partial charge in [0.15, 0.2) is 0 Å². The zero-order valence-electron chi connectivity index (χ0n) is 7.19. The maximum Gasteiger partial charge on any atom is 0.139 e. The van der Waals surface area contributed by atoms with Crippen LogP contribution in [0.2, 0.25) is 0 Å². The molecule has 1 heterocycles. The van der Waals surface area contributed by atoms with E-state index in [0.717, 1.165) is 13.5 Å². The summed E-state index contributed by atoms with van der Waals surface area (Å²) in [7, 11) is 0. The molecule has 1 aromatic carbocycles. The van der Waals surface area contributed by atoms with Gasteiger partial charge in [-0.2, -0.15) is 0 Å². The molecule has 0 atom stereocenters. The molecule has 0 saturated heterocycles. The summed E-state index contributed by atoms with van der Waals surface area (Å²) >= 11 is 4.13. The van der Waals surface area contributed by atoms with Crippen LogP contribution in [0.4, 0.5) is 8.78 Å². The molecule has 0 aliphatic carbocycles. The molecule has 0 aliphatic heterocycles. The van der Waals surface area contributed by atoms with Crippen molar-refractivity contribution in [2.24, 2.45) is 0 Å². The normalized spacial score (nSPS) is 10.7. The van der Waals surface area contributed by atoms with E-state index in [4.69, 9.17) is 0 Å². The molecule has 2 aromatic rings. The number of imidazole rings is 1. The van der Waals surface area contributed by atoms with Crippen molar-refractivity contribution >= 4 is 45.2 Å². The number of benzene rings is 1. The van der Waals surface area contributed by atoms with Crippen LogP contribution >= 0.6 is 45.2 Å². The first-order valence-corrected chi connectivity index (χ1v) is 6.09. The SMILES string of the molecule is Fc1cc(F)cc(-c2nc(I)c(I)[nH]2)c1. The first kappa shape index (κ1) is 11.2. The molecule has 0 saturated carbocycles. The quantitative estimate of drug-likeness (QED) is 0.687. The van der Waals surface area contributed by atoms with E-state index in [-0.39, 0.29) is 0 Å². The van der Waals surface area contributed by atoms with Gasteiger partial charge in [-0.1, -0.05) is 0 Å². The molecule has 1 aromatic heterocycles. The number of hydrogen-bond acceptors (Lipinski definition) is 1. The third kappa shape index (κ3) is 2.47. The molecule has 0 unspecified atom stereocenters. The van der Waals surface area contributed by atoms with Crippen LogP contribution in [-0.2, 0) is 0 Å². The maximum absolute atomic E-state index is 12.9. The Morgan fingerprint density at radius 1 is 1.07 bits per heavy atom. The van der Waals surface area contributed by atoms with E-state index in [9.17, 15) is 8.78 Å². The first-order chi connectivity index (χ1) is 7.06. The Balaban J connectivity index is 2.53. The van der Waals surface area contributed by atoms with Crippen molar-refractivity contribution in [1.29, 1.82) is 0 Å². The van der Waals surface area contributed by atoms with Crippen molar-refractivity contribution in [1.82, 2.24) is 9.97 Å². The van der Waals surface area contributed by atoms with E-state index in [1.54, 1.807) is 0 Å². The Hall–Kier alpha value is -0.250. The average molecular weight is 432 g/mol. The molecule has 6 heteroatoms. The number of rotatable bonds is 1. The van der Waals surface area contributed by atoms with Gasteiger partial charge >= 0.3 is 0 Å². The summed E-state index contributed by atoms with van der Waals surface area (Å²) in [4.78, 5) is 7.10. The van der Waals surface area contributed by atoms with Gasteiger partial charge in [-0.05, 0) is 57.3 Å². The highest BCUT2D eigenvalue weighted by atomic mass is 127. The standard InChI is InChI=1S/C9H4F2I2N2/c10-5-1-4(2-6(11)3-5)9-14-7(12)8(13)15-9/h1-3H,(H,14,15). The van der Waals surface area contributed by atoms with E-state index >= 15 is 0 Å². The Kier molecular flexibility index (Phi) is 3.24. The molecular formula is C9H4F2I2N2. The summed E-state index contributed by atoms with van der Waals surface area (Å²) in [6.07, 6.45) is 0. The van der Waals surface area contributed by atoms with Gasteiger partial charge in [-0.15, -0.1) is 0 Å². The smallest absolute Gasteiger partial charge is 0.139 e. The second-order valence-corrected chi connectivity index (χ2v) is 4.95. The molecule has 0 bridgehead atoms. The van der Waals surface area contributed by atoms with Gasteiger partial charge in [0.1, 0.15) is 24.9 Å². The van der Waals surface area contributed by atoms with Crippen molar-refractivity contribution in [2.45, 2.75) is 0 Å². The van der Waals surface area contributed by atoms with Crippen molar-refractivity contribution in [2.75, 3.05) is 0 Å². The largest absolute Gasteiger partial charge is 0.333 e. The van der Waals surface area contributed by atoms with Crippen LogP contribution in [0.5, 0.6) is 0 Å². The van der Waals surface area contributed by atoms with Gasteiger partial charge < -0.3 is 4.98 Å². The van der Waals surface area contributed by atoms with E-state index in [0.29, 0.717) is 11.4 Å². The molecule has 2 rings (SSSR count). The zero-order valence-corrected chi connectivity index (χ0v) is 11.5. The fraction of sp³-hybridized carbons (Fsp3) is 0. The highest BCUT2D eigenvalue weighted by Crippen LogP contribution is 2.22. The molecule has 15 heavy (non-hydrogen) atoms. The molecule has 0 spiro atoms. The van der Waals surface area contributed by atoms with Crippen LogP contribution in [0.1, 0.15) is 0 Å². The summed E-state index contributed by atoms with van der Waals surface area (Å²) in [6.45, 7) is 0. The Morgan fingerprint density at radius 2 is 1.67 bits per heavy atom. The monoisotopic (exact) mass is 432 g/mol. The minimum absolute atomic E-state index is 0.410. The van der Waals surface area contributed by atoms with Crippen molar-refractivity contribution in [3.63, 3.8) is 0 Å². The highest BCUT2D eigenvalue weighted by molar-refractivity contribution is 14.1. The molecule has 0 fully saturated rings. The van der Waals surface area contributed by atoms with Crippen molar-refractivity contribution in [3.05, 3.63) is 37.2 Å². The second kappa shape index (κ2) is 4.32. The summed E-state index contributed by atoms with van der Waals surface area (Å²) in [5, 5.41) is 0. The van der Waals surface area contributed by atoms with Gasteiger partial charge in [0, 0.05) is 11.6 Å². The van der Waals surface area contributed by atoms with E-state index in [1.165, 1.54) is 12.1 Å². The highest BCUT2D eigenvalue weighted by Gasteiger charge is 2.09. The fourth-order valence-corrected chi connectivity index (χ4v) is 1.91. The Bertz CT molecular complexity index is 471. The third-order valence-electron chi connectivity index (χ3n) is 1.76. The summed E-state index contributed by atoms with van der Waals surface area (Å²) in [5.74, 6) is -0.736. The van der Waals surface area contributed by atoms with Crippen LogP contribution in [-0.4, -0.2) is 9.97 Å². The lowest BCUT2D eigenvalue weighted by Gasteiger charge is -1.97. The molecule has 0 aliphatic rings. The topological polar surface area (TPSA) is 28.7 Å². The molecule has 0 radical (unpaired) electrons. The molecule has 0 amide bonds. The van der Waals surface area contributed by atoms with Crippen molar-refractivity contribution in [3.8, 4) is 11.4 Å². The number of aromatic amines is 1. The molecule has 78 valence electrons. The maximum atomic E-state index is 12.9. The zero-order chi connectivity index (χ0) is 11.0. The number of nitrogens with one attached hydrogen (secondary N) is 1. The third-order valence-corrected chi connectivity index (χ3v) is 4.35. The lowest BCUT2D eigenvalue weighted by atomic mass is 10.2. The minimum atomic E-state index is -0.605. The second-order valence-electron chi connectivity index (χ2n) is 2.85. The fourth-order valence-electron chi connectivity index (χ4n) is 1.16. The van der Waals surface area contributed by atoms with Gasteiger partial charge in [0.05, 0.1) is 0 Å². The summed E-state index contributed by atoms with van der Waals surface area (Å²) < 4.78 is 27.5. The number of hydrogen-bond donors (Lipinski definition) is 1. The molecular weight excluding hydrogens is 428 g/mol. The van der Waals surface area contributed by atoms with Crippen LogP contribution in [0, 0.1) is 19.0 Å². The summed E-state index contributed by atoms with van der Waals surface area (Å²) in [6, 6.07) is 3.32. The number of nitrogens with zero attached hydrogens (tertiary/aromatic N) is 1. The van der Waals surface area contributed by atoms with Crippen LogP contribution in [0.15, 0.2) is 18.2 Å².